The average Bonchev–Trinajstić information content (AvgIpc) is 2.81. The Labute approximate surface area is 129 Å². The first kappa shape index (κ1) is 14.2. The highest BCUT2D eigenvalue weighted by Gasteiger charge is 2.36. The molecule has 1 heterocycles. The second-order valence-corrected chi connectivity index (χ2v) is 5.96. The molecule has 0 saturated carbocycles. The van der Waals surface area contributed by atoms with E-state index < -0.39 is 0 Å². The summed E-state index contributed by atoms with van der Waals surface area (Å²) < 4.78 is 5.28. The fourth-order valence-electron chi connectivity index (χ4n) is 2.89. The number of hydrogen-bond donors (Lipinski definition) is 0. The van der Waals surface area contributed by atoms with E-state index in [0.717, 1.165) is 12.0 Å². The molecule has 21 heavy (non-hydrogen) atoms. The van der Waals surface area contributed by atoms with E-state index >= 15 is 0 Å². The van der Waals surface area contributed by atoms with Crippen LogP contribution in [0.25, 0.3) is 0 Å². The standard InChI is InChI=1S/C18H17ClO2/c19-16-8-4-7-14(10-16)11-17-15(12-21-18(17)20)9-13-5-2-1-3-6-13/h1-8,10,15,17H,9,11-12H2/t15-,17+/m0/s1. The molecule has 0 spiro atoms. The van der Waals surface area contributed by atoms with Gasteiger partial charge in [-0.3, -0.25) is 4.79 Å². The van der Waals surface area contributed by atoms with Crippen LogP contribution in [-0.2, 0) is 22.4 Å². The van der Waals surface area contributed by atoms with Crippen LogP contribution in [0, 0.1) is 11.8 Å². The van der Waals surface area contributed by atoms with Crippen molar-refractivity contribution in [2.75, 3.05) is 6.61 Å². The lowest BCUT2D eigenvalue weighted by Gasteiger charge is -2.15. The lowest BCUT2D eigenvalue weighted by Crippen LogP contribution is -2.20. The summed E-state index contributed by atoms with van der Waals surface area (Å²) in [5.74, 6) is 0.0680. The minimum atomic E-state index is -0.0871. The van der Waals surface area contributed by atoms with Crippen molar-refractivity contribution >= 4 is 17.6 Å². The third-order valence-electron chi connectivity index (χ3n) is 4.00. The molecule has 2 atom stereocenters. The lowest BCUT2D eigenvalue weighted by molar-refractivity contribution is -0.141. The van der Waals surface area contributed by atoms with Crippen LogP contribution in [0.5, 0.6) is 0 Å². The quantitative estimate of drug-likeness (QED) is 0.800. The Kier molecular flexibility index (Phi) is 4.26. The van der Waals surface area contributed by atoms with E-state index in [1.165, 1.54) is 5.56 Å². The van der Waals surface area contributed by atoms with Crippen molar-refractivity contribution in [1.29, 1.82) is 0 Å². The maximum Gasteiger partial charge on any atom is 0.309 e. The van der Waals surface area contributed by atoms with Gasteiger partial charge in [-0.15, -0.1) is 0 Å². The molecule has 3 rings (SSSR count). The second kappa shape index (κ2) is 6.31. The molecule has 2 aromatic rings. The van der Waals surface area contributed by atoms with Crippen molar-refractivity contribution in [2.24, 2.45) is 11.8 Å². The molecule has 0 radical (unpaired) electrons. The van der Waals surface area contributed by atoms with E-state index in [1.54, 1.807) is 0 Å². The molecule has 0 aliphatic carbocycles. The number of rotatable bonds is 4. The Balaban J connectivity index is 1.73. The minimum absolute atomic E-state index is 0.0799. The Morgan fingerprint density at radius 2 is 1.76 bits per heavy atom. The molecule has 0 amide bonds. The van der Waals surface area contributed by atoms with Crippen molar-refractivity contribution in [3.05, 3.63) is 70.7 Å². The van der Waals surface area contributed by atoms with Crippen LogP contribution in [0.3, 0.4) is 0 Å². The molecule has 1 saturated heterocycles. The average molecular weight is 301 g/mol. The molecule has 2 aromatic carbocycles. The third-order valence-corrected chi connectivity index (χ3v) is 4.23. The van der Waals surface area contributed by atoms with Crippen molar-refractivity contribution in [2.45, 2.75) is 12.8 Å². The monoisotopic (exact) mass is 300 g/mol. The van der Waals surface area contributed by atoms with E-state index in [9.17, 15) is 4.79 Å². The zero-order chi connectivity index (χ0) is 14.7. The van der Waals surface area contributed by atoms with Crippen molar-refractivity contribution in [1.82, 2.24) is 0 Å². The molecule has 2 nitrogen and oxygen atoms in total. The van der Waals surface area contributed by atoms with Crippen LogP contribution < -0.4 is 0 Å². The predicted octanol–water partition coefficient (Wildman–Crippen LogP) is 3.91. The Morgan fingerprint density at radius 3 is 2.52 bits per heavy atom. The highest BCUT2D eigenvalue weighted by atomic mass is 35.5. The van der Waals surface area contributed by atoms with Gasteiger partial charge in [0, 0.05) is 10.9 Å². The topological polar surface area (TPSA) is 26.3 Å². The summed E-state index contributed by atoms with van der Waals surface area (Å²) in [7, 11) is 0. The zero-order valence-corrected chi connectivity index (χ0v) is 12.4. The largest absolute Gasteiger partial charge is 0.465 e. The van der Waals surface area contributed by atoms with Crippen LogP contribution in [0.1, 0.15) is 11.1 Å². The van der Waals surface area contributed by atoms with E-state index in [2.05, 4.69) is 12.1 Å². The first-order chi connectivity index (χ1) is 10.2. The highest BCUT2D eigenvalue weighted by molar-refractivity contribution is 6.30. The van der Waals surface area contributed by atoms with Crippen molar-refractivity contribution in [3.8, 4) is 0 Å². The van der Waals surface area contributed by atoms with Crippen LogP contribution in [0.15, 0.2) is 54.6 Å². The van der Waals surface area contributed by atoms with Crippen LogP contribution >= 0.6 is 11.6 Å². The zero-order valence-electron chi connectivity index (χ0n) is 11.7. The summed E-state index contributed by atoms with van der Waals surface area (Å²) >= 11 is 6.02. The molecule has 1 aliphatic heterocycles. The van der Waals surface area contributed by atoms with Gasteiger partial charge in [-0.2, -0.15) is 0 Å². The summed E-state index contributed by atoms with van der Waals surface area (Å²) in [6.45, 7) is 0.513. The van der Waals surface area contributed by atoms with E-state index in [4.69, 9.17) is 16.3 Å². The number of cyclic esters (lactones) is 1. The molecule has 0 bridgehead atoms. The van der Waals surface area contributed by atoms with Gasteiger partial charge in [-0.05, 0) is 36.1 Å². The number of esters is 1. The summed E-state index contributed by atoms with van der Waals surface area (Å²) in [5, 5.41) is 0.707. The van der Waals surface area contributed by atoms with Gasteiger partial charge in [0.2, 0.25) is 0 Å². The van der Waals surface area contributed by atoms with Crippen LogP contribution in [0.4, 0.5) is 0 Å². The SMILES string of the molecule is O=C1OC[C@H](Cc2ccccc2)[C@H]1Cc1cccc(Cl)c1. The maximum atomic E-state index is 12.0. The van der Waals surface area contributed by atoms with Gasteiger partial charge < -0.3 is 4.74 Å². The van der Waals surface area contributed by atoms with E-state index in [-0.39, 0.29) is 17.8 Å². The number of carbonyl (C=O) groups excluding carboxylic acids is 1. The summed E-state index contributed by atoms with van der Waals surface area (Å²) in [5.41, 5.74) is 2.33. The Morgan fingerprint density at radius 1 is 1.00 bits per heavy atom. The summed E-state index contributed by atoms with van der Waals surface area (Å²) in [6.07, 6.45) is 1.56. The maximum absolute atomic E-state index is 12.0. The number of benzene rings is 2. The highest BCUT2D eigenvalue weighted by Crippen LogP contribution is 2.29. The van der Waals surface area contributed by atoms with Gasteiger partial charge in [0.1, 0.15) is 0 Å². The van der Waals surface area contributed by atoms with E-state index in [0.29, 0.717) is 18.1 Å². The van der Waals surface area contributed by atoms with Gasteiger partial charge >= 0.3 is 5.97 Å². The Hall–Kier alpha value is -1.80. The predicted molar refractivity (Wildman–Crippen MR) is 83.2 cm³/mol. The van der Waals surface area contributed by atoms with E-state index in [1.807, 2.05) is 42.5 Å². The Bertz CT molecular complexity index is 624. The number of carbonyl (C=O) groups is 1. The summed E-state index contributed by atoms with van der Waals surface area (Å²) in [4.78, 5) is 12.0. The smallest absolute Gasteiger partial charge is 0.309 e. The summed E-state index contributed by atoms with van der Waals surface area (Å²) in [6, 6.07) is 18.0. The molecule has 0 aromatic heterocycles. The minimum Gasteiger partial charge on any atom is -0.465 e. The second-order valence-electron chi connectivity index (χ2n) is 5.52. The van der Waals surface area contributed by atoms with Crippen LogP contribution in [-0.4, -0.2) is 12.6 Å². The molecule has 0 N–H and O–H groups in total. The van der Waals surface area contributed by atoms with Crippen molar-refractivity contribution < 1.29 is 9.53 Å². The normalized spacial score (nSPS) is 21.3. The number of halogens is 1. The lowest BCUT2D eigenvalue weighted by atomic mass is 9.85. The third kappa shape index (κ3) is 3.45. The molecular weight excluding hydrogens is 284 g/mol. The van der Waals surface area contributed by atoms with Gasteiger partial charge in [0.15, 0.2) is 0 Å². The molecule has 1 aliphatic rings. The molecule has 1 fully saturated rings. The number of ether oxygens (including phenoxy) is 1. The first-order valence-electron chi connectivity index (χ1n) is 7.17. The van der Waals surface area contributed by atoms with Gasteiger partial charge in [-0.1, -0.05) is 54.1 Å². The van der Waals surface area contributed by atoms with Crippen molar-refractivity contribution in [3.63, 3.8) is 0 Å². The van der Waals surface area contributed by atoms with Gasteiger partial charge in [-0.25, -0.2) is 0 Å². The molecule has 3 heteroatoms. The van der Waals surface area contributed by atoms with Gasteiger partial charge in [0.05, 0.1) is 12.5 Å². The van der Waals surface area contributed by atoms with Gasteiger partial charge in [0.25, 0.3) is 0 Å². The fourth-order valence-corrected chi connectivity index (χ4v) is 3.10. The fraction of sp³-hybridized carbons (Fsp3) is 0.278. The molecule has 0 unspecified atom stereocenters. The molecule has 108 valence electrons. The van der Waals surface area contributed by atoms with Crippen LogP contribution in [0.2, 0.25) is 5.02 Å². The number of hydrogen-bond acceptors (Lipinski definition) is 2. The molecular formula is C18H17ClO2. The first-order valence-corrected chi connectivity index (χ1v) is 7.55.